The van der Waals surface area contributed by atoms with Gasteiger partial charge in [-0.15, -0.1) is 0 Å². The number of guanidine groups is 1. The van der Waals surface area contributed by atoms with Crippen LogP contribution in [0.3, 0.4) is 0 Å². The Bertz CT molecular complexity index is 694. The van der Waals surface area contributed by atoms with E-state index in [-0.39, 0.29) is 5.75 Å². The first-order valence-corrected chi connectivity index (χ1v) is 12.4. The van der Waals surface area contributed by atoms with Gasteiger partial charge >= 0.3 is 0 Å². The van der Waals surface area contributed by atoms with Crippen molar-refractivity contribution in [2.24, 2.45) is 4.99 Å². The molecule has 2 rings (SSSR count). The minimum absolute atomic E-state index is 0.0712. The number of nitrogens with zero attached hydrogens (tertiary/aromatic N) is 1. The highest BCUT2D eigenvalue weighted by molar-refractivity contribution is 7.89. The van der Waals surface area contributed by atoms with Gasteiger partial charge in [-0.25, -0.2) is 13.4 Å². The van der Waals surface area contributed by atoms with Gasteiger partial charge in [0.05, 0.1) is 25.0 Å². The number of rotatable bonds is 9. The van der Waals surface area contributed by atoms with Gasteiger partial charge in [-0.1, -0.05) is 49.9 Å². The van der Waals surface area contributed by atoms with Crippen LogP contribution in [-0.4, -0.2) is 46.4 Å². The van der Waals surface area contributed by atoms with Crippen LogP contribution in [0.5, 0.6) is 0 Å². The highest BCUT2D eigenvalue weighted by atomic mass is 32.2. The number of aliphatic imine (C=N–C) groups is 1. The third-order valence-electron chi connectivity index (χ3n) is 4.77. The monoisotopic (exact) mass is 409 g/mol. The minimum atomic E-state index is -3.01. The van der Waals surface area contributed by atoms with Crippen molar-refractivity contribution >= 4 is 15.8 Å². The first-order chi connectivity index (χ1) is 13.5. The zero-order valence-corrected chi connectivity index (χ0v) is 18.1. The number of benzene rings is 1. The summed E-state index contributed by atoms with van der Waals surface area (Å²) in [5.41, 5.74) is 1.85. The fourth-order valence-electron chi connectivity index (χ4n) is 3.36. The van der Waals surface area contributed by atoms with E-state index in [1.807, 2.05) is 31.2 Å². The van der Waals surface area contributed by atoms with E-state index < -0.39 is 9.84 Å². The van der Waals surface area contributed by atoms with Gasteiger partial charge in [0.1, 0.15) is 0 Å². The van der Waals surface area contributed by atoms with Crippen LogP contribution >= 0.6 is 0 Å². The van der Waals surface area contributed by atoms with Gasteiger partial charge in [-0.3, -0.25) is 0 Å². The van der Waals surface area contributed by atoms with Crippen LogP contribution in [0.15, 0.2) is 29.3 Å². The zero-order chi connectivity index (χ0) is 20.2. The largest absolute Gasteiger partial charge is 0.376 e. The fourth-order valence-corrected chi connectivity index (χ4v) is 4.16. The molecule has 0 aromatic heterocycles. The van der Waals surface area contributed by atoms with E-state index in [4.69, 9.17) is 4.74 Å². The molecule has 1 saturated carbocycles. The van der Waals surface area contributed by atoms with Crippen LogP contribution in [-0.2, 0) is 26.9 Å². The molecule has 0 saturated heterocycles. The molecule has 1 aromatic rings. The summed E-state index contributed by atoms with van der Waals surface area (Å²) in [7, 11) is -3.01. The molecule has 0 atom stereocenters. The summed E-state index contributed by atoms with van der Waals surface area (Å²) in [5.74, 6) is 0.842. The third-order valence-corrected chi connectivity index (χ3v) is 5.62. The van der Waals surface area contributed by atoms with Crippen LogP contribution in [0, 0.1) is 0 Å². The Morgan fingerprint density at radius 3 is 2.32 bits per heavy atom. The van der Waals surface area contributed by atoms with Crippen molar-refractivity contribution in [3.8, 4) is 0 Å². The van der Waals surface area contributed by atoms with E-state index in [9.17, 15) is 8.42 Å². The molecule has 7 heteroatoms. The predicted octanol–water partition coefficient (Wildman–Crippen LogP) is 3.03. The first kappa shape index (κ1) is 22.7. The standard InChI is InChI=1S/C21H35N3O3S/c1-3-22-21(23-14-15-27-20-8-6-4-5-7-9-20)24-16-18-10-12-19(13-11-18)17-28(2,25)26/h10-13,20H,3-9,14-17H2,1-2H3,(H2,22,23,24). The van der Waals surface area contributed by atoms with E-state index >= 15 is 0 Å². The highest BCUT2D eigenvalue weighted by Crippen LogP contribution is 2.19. The van der Waals surface area contributed by atoms with Gasteiger partial charge in [0.2, 0.25) is 0 Å². The molecule has 0 amide bonds. The van der Waals surface area contributed by atoms with Gasteiger partial charge in [0, 0.05) is 19.3 Å². The Hall–Kier alpha value is -1.60. The average molecular weight is 410 g/mol. The van der Waals surface area contributed by atoms with Crippen LogP contribution < -0.4 is 10.6 Å². The topological polar surface area (TPSA) is 79.8 Å². The lowest BCUT2D eigenvalue weighted by Gasteiger charge is -2.16. The smallest absolute Gasteiger partial charge is 0.191 e. The molecular weight excluding hydrogens is 374 g/mol. The Morgan fingerprint density at radius 2 is 1.71 bits per heavy atom. The van der Waals surface area contributed by atoms with E-state index in [0.717, 1.165) is 30.2 Å². The summed E-state index contributed by atoms with van der Waals surface area (Å²) in [6.07, 6.45) is 9.27. The van der Waals surface area contributed by atoms with Crippen LogP contribution in [0.2, 0.25) is 0 Å². The Labute approximate surface area is 170 Å². The molecule has 0 aliphatic heterocycles. The molecule has 28 heavy (non-hydrogen) atoms. The van der Waals surface area contributed by atoms with Crippen molar-refractivity contribution in [2.45, 2.75) is 63.9 Å². The Morgan fingerprint density at radius 1 is 1.07 bits per heavy atom. The van der Waals surface area contributed by atoms with E-state index in [1.165, 1.54) is 44.8 Å². The van der Waals surface area contributed by atoms with Gasteiger partial charge < -0.3 is 15.4 Å². The van der Waals surface area contributed by atoms with Crippen LogP contribution in [0.25, 0.3) is 0 Å². The lowest BCUT2D eigenvalue weighted by molar-refractivity contribution is 0.0468. The molecule has 0 unspecified atom stereocenters. The van der Waals surface area contributed by atoms with Crippen molar-refractivity contribution in [3.63, 3.8) is 0 Å². The quantitative estimate of drug-likeness (QED) is 0.284. The van der Waals surface area contributed by atoms with E-state index in [2.05, 4.69) is 15.6 Å². The molecule has 2 N–H and O–H groups in total. The second kappa shape index (κ2) is 12.1. The Kier molecular flexibility index (Phi) is 9.78. The third kappa shape index (κ3) is 9.55. The molecule has 0 bridgehead atoms. The first-order valence-electron chi connectivity index (χ1n) is 10.4. The molecule has 1 aliphatic rings. The maximum Gasteiger partial charge on any atom is 0.191 e. The van der Waals surface area contributed by atoms with Crippen molar-refractivity contribution < 1.29 is 13.2 Å². The number of ether oxygens (including phenoxy) is 1. The number of nitrogens with one attached hydrogen (secondary N) is 2. The van der Waals surface area contributed by atoms with Gasteiger partial charge in [0.15, 0.2) is 15.8 Å². The van der Waals surface area contributed by atoms with Crippen molar-refractivity contribution in [1.29, 1.82) is 0 Å². The molecule has 1 aliphatic carbocycles. The predicted molar refractivity (Wildman–Crippen MR) is 115 cm³/mol. The molecule has 0 spiro atoms. The second-order valence-electron chi connectivity index (χ2n) is 7.49. The average Bonchev–Trinajstić information content (AvgIpc) is 2.92. The number of hydrogen-bond donors (Lipinski definition) is 2. The summed E-state index contributed by atoms with van der Waals surface area (Å²) in [4.78, 5) is 4.61. The molecule has 6 nitrogen and oxygen atoms in total. The summed E-state index contributed by atoms with van der Waals surface area (Å²) >= 11 is 0. The molecule has 0 radical (unpaired) electrons. The number of hydrogen-bond acceptors (Lipinski definition) is 4. The molecular formula is C21H35N3O3S. The lowest BCUT2D eigenvalue weighted by Crippen LogP contribution is -2.39. The normalized spacial score (nSPS) is 16.6. The fraction of sp³-hybridized carbons (Fsp3) is 0.667. The van der Waals surface area contributed by atoms with Gasteiger partial charge in [-0.05, 0) is 30.9 Å². The van der Waals surface area contributed by atoms with Crippen molar-refractivity contribution in [3.05, 3.63) is 35.4 Å². The molecule has 158 valence electrons. The second-order valence-corrected chi connectivity index (χ2v) is 9.63. The van der Waals surface area contributed by atoms with Crippen LogP contribution in [0.1, 0.15) is 56.6 Å². The lowest BCUT2D eigenvalue weighted by atomic mass is 10.1. The number of sulfone groups is 1. The molecule has 1 aromatic carbocycles. The summed E-state index contributed by atoms with van der Waals surface area (Å²) in [5, 5.41) is 6.57. The van der Waals surface area contributed by atoms with E-state index in [0.29, 0.717) is 19.3 Å². The zero-order valence-electron chi connectivity index (χ0n) is 17.2. The maximum absolute atomic E-state index is 11.4. The maximum atomic E-state index is 11.4. The minimum Gasteiger partial charge on any atom is -0.376 e. The van der Waals surface area contributed by atoms with Gasteiger partial charge in [-0.2, -0.15) is 0 Å². The Balaban J connectivity index is 1.77. The van der Waals surface area contributed by atoms with Crippen molar-refractivity contribution in [1.82, 2.24) is 10.6 Å². The SMILES string of the molecule is CCNC(=NCc1ccc(CS(C)(=O)=O)cc1)NCCOC1CCCCCC1. The summed E-state index contributed by atoms with van der Waals surface area (Å²) in [6.45, 7) is 4.80. The van der Waals surface area contributed by atoms with E-state index in [1.54, 1.807) is 0 Å². The molecule has 0 heterocycles. The molecule has 1 fully saturated rings. The summed E-state index contributed by atoms with van der Waals surface area (Å²) in [6, 6.07) is 7.57. The van der Waals surface area contributed by atoms with Gasteiger partial charge in [0.25, 0.3) is 0 Å². The van der Waals surface area contributed by atoms with Crippen molar-refractivity contribution in [2.75, 3.05) is 26.0 Å². The highest BCUT2D eigenvalue weighted by Gasteiger charge is 2.12. The van der Waals surface area contributed by atoms with Crippen LogP contribution in [0.4, 0.5) is 0 Å². The summed E-state index contributed by atoms with van der Waals surface area (Å²) < 4.78 is 28.7.